The number of hydrogen-bond acceptors (Lipinski definition) is 2. The van der Waals surface area contributed by atoms with Gasteiger partial charge in [0, 0.05) is 5.56 Å². The third kappa shape index (κ3) is 3.78. The molecule has 0 saturated carbocycles. The van der Waals surface area contributed by atoms with Gasteiger partial charge in [-0.1, -0.05) is 31.5 Å². The number of aryl methyl sites for hydroxylation is 2. The Morgan fingerprint density at radius 2 is 1.96 bits per heavy atom. The lowest BCUT2D eigenvalue weighted by Crippen LogP contribution is -2.34. The molecule has 1 unspecified atom stereocenters. The number of rotatable bonds is 4. The smallest absolute Gasteiger partial charge is 0.123 e. The highest BCUT2D eigenvalue weighted by Crippen LogP contribution is 2.32. The molecule has 0 aliphatic carbocycles. The van der Waals surface area contributed by atoms with E-state index in [1.54, 1.807) is 0 Å². The zero-order valence-electron chi connectivity index (χ0n) is 14.4. The van der Waals surface area contributed by atoms with Crippen molar-refractivity contribution in [2.75, 3.05) is 13.1 Å². The summed E-state index contributed by atoms with van der Waals surface area (Å²) in [6, 6.07) is 6.93. The first-order chi connectivity index (χ1) is 10.7. The van der Waals surface area contributed by atoms with E-state index in [1.165, 1.54) is 55.5 Å². The minimum atomic E-state index is 0. The molecule has 0 bridgehead atoms. The summed E-state index contributed by atoms with van der Waals surface area (Å²) in [5.74, 6) is 1.14. The molecule has 126 valence electrons. The number of likely N-dealkylation sites (tertiary alicyclic amines) is 1. The van der Waals surface area contributed by atoms with Crippen LogP contribution < -0.4 is 0 Å². The van der Waals surface area contributed by atoms with Gasteiger partial charge in [-0.15, -0.1) is 12.4 Å². The molecule has 1 aromatic carbocycles. The lowest BCUT2D eigenvalue weighted by Gasteiger charge is -2.34. The molecule has 1 N–H and O–H groups in total. The molecule has 0 radical (unpaired) electrons. The van der Waals surface area contributed by atoms with Crippen molar-refractivity contribution in [1.82, 2.24) is 14.9 Å². The maximum atomic E-state index is 4.73. The van der Waals surface area contributed by atoms with Crippen LogP contribution in [0.5, 0.6) is 0 Å². The van der Waals surface area contributed by atoms with Crippen LogP contribution >= 0.6 is 12.4 Å². The minimum Gasteiger partial charge on any atom is -0.341 e. The molecule has 1 saturated heterocycles. The predicted molar refractivity (Wildman–Crippen MR) is 99.2 cm³/mol. The van der Waals surface area contributed by atoms with Crippen LogP contribution in [0.3, 0.4) is 0 Å². The second-order valence-corrected chi connectivity index (χ2v) is 6.50. The van der Waals surface area contributed by atoms with Gasteiger partial charge in [0.1, 0.15) is 5.82 Å². The Kier molecular flexibility index (Phi) is 6.25. The topological polar surface area (TPSA) is 31.9 Å². The Labute approximate surface area is 145 Å². The molecular formula is C19H28ClN3. The fourth-order valence-corrected chi connectivity index (χ4v) is 3.73. The van der Waals surface area contributed by atoms with Crippen molar-refractivity contribution in [2.24, 2.45) is 0 Å². The average Bonchev–Trinajstić information content (AvgIpc) is 2.97. The fourth-order valence-electron chi connectivity index (χ4n) is 3.73. The highest BCUT2D eigenvalue weighted by Gasteiger charge is 2.25. The first-order valence-electron chi connectivity index (χ1n) is 8.56. The number of nitrogens with zero attached hydrogens (tertiary/aromatic N) is 2. The average molecular weight is 334 g/mol. The first kappa shape index (κ1) is 18.0. The Morgan fingerprint density at radius 3 is 2.65 bits per heavy atom. The predicted octanol–water partition coefficient (Wildman–Crippen LogP) is 5.05. The molecule has 1 atom stereocenters. The summed E-state index contributed by atoms with van der Waals surface area (Å²) in [5.41, 5.74) is 5.08. The summed E-state index contributed by atoms with van der Waals surface area (Å²) in [6.45, 7) is 8.98. The van der Waals surface area contributed by atoms with Gasteiger partial charge in [0.05, 0.1) is 17.9 Å². The van der Waals surface area contributed by atoms with Crippen LogP contribution in [-0.2, 0) is 0 Å². The van der Waals surface area contributed by atoms with E-state index in [4.69, 9.17) is 4.98 Å². The lowest BCUT2D eigenvalue weighted by molar-refractivity contribution is 0.143. The number of aromatic nitrogens is 2. The molecule has 23 heavy (non-hydrogen) atoms. The molecule has 1 aliphatic rings. The molecule has 1 aliphatic heterocycles. The summed E-state index contributed by atoms with van der Waals surface area (Å²) in [7, 11) is 0. The highest BCUT2D eigenvalue weighted by atomic mass is 35.5. The van der Waals surface area contributed by atoms with Gasteiger partial charge >= 0.3 is 0 Å². The van der Waals surface area contributed by atoms with Crippen molar-refractivity contribution in [3.8, 4) is 11.3 Å². The normalized spacial score (nSPS) is 18.7. The van der Waals surface area contributed by atoms with Gasteiger partial charge < -0.3 is 4.98 Å². The number of piperidine rings is 1. The zero-order valence-corrected chi connectivity index (χ0v) is 15.2. The van der Waals surface area contributed by atoms with Crippen molar-refractivity contribution >= 4 is 12.4 Å². The second kappa shape index (κ2) is 7.98. The van der Waals surface area contributed by atoms with E-state index in [9.17, 15) is 0 Å². The number of imidazole rings is 1. The molecule has 3 rings (SSSR count). The second-order valence-electron chi connectivity index (χ2n) is 6.50. The Morgan fingerprint density at radius 1 is 1.22 bits per heavy atom. The quantitative estimate of drug-likeness (QED) is 0.848. The lowest BCUT2D eigenvalue weighted by atomic mass is 10.0. The van der Waals surface area contributed by atoms with Gasteiger partial charge in [0.25, 0.3) is 0 Å². The first-order valence-corrected chi connectivity index (χ1v) is 8.56. The summed E-state index contributed by atoms with van der Waals surface area (Å²) >= 11 is 0. The number of nitrogens with one attached hydrogen (secondary N) is 1. The van der Waals surface area contributed by atoms with Crippen LogP contribution in [0, 0.1) is 13.8 Å². The van der Waals surface area contributed by atoms with Crippen molar-refractivity contribution in [3.05, 3.63) is 41.3 Å². The van der Waals surface area contributed by atoms with Crippen LogP contribution in [0.1, 0.15) is 55.6 Å². The molecule has 0 amide bonds. The van der Waals surface area contributed by atoms with Crippen LogP contribution in [0.25, 0.3) is 11.3 Å². The number of H-pyrrole nitrogens is 1. The molecule has 4 heteroatoms. The van der Waals surface area contributed by atoms with Crippen LogP contribution in [0.15, 0.2) is 24.4 Å². The number of halogens is 1. The largest absolute Gasteiger partial charge is 0.341 e. The zero-order chi connectivity index (χ0) is 15.5. The molecule has 2 aromatic rings. The van der Waals surface area contributed by atoms with Gasteiger partial charge in [-0.25, -0.2) is 4.98 Å². The Hall–Kier alpha value is -1.32. The molecule has 1 aromatic heterocycles. The monoisotopic (exact) mass is 333 g/mol. The third-order valence-electron chi connectivity index (χ3n) is 4.79. The SMILES string of the molecule is CCCN1CCCCC1c1ncc(-c2c(C)cccc2C)[nH]1.Cl. The maximum Gasteiger partial charge on any atom is 0.123 e. The van der Waals surface area contributed by atoms with Gasteiger partial charge in [0.15, 0.2) is 0 Å². The summed E-state index contributed by atoms with van der Waals surface area (Å²) in [6.07, 6.45) is 7.08. The molecule has 0 spiro atoms. The van der Waals surface area contributed by atoms with Crippen molar-refractivity contribution < 1.29 is 0 Å². The third-order valence-corrected chi connectivity index (χ3v) is 4.79. The minimum absolute atomic E-state index is 0. The summed E-state index contributed by atoms with van der Waals surface area (Å²) in [5, 5.41) is 0. The molecule has 2 heterocycles. The van der Waals surface area contributed by atoms with Gasteiger partial charge in [-0.3, -0.25) is 4.90 Å². The summed E-state index contributed by atoms with van der Waals surface area (Å²) < 4.78 is 0. The van der Waals surface area contributed by atoms with Gasteiger partial charge in [-0.2, -0.15) is 0 Å². The van der Waals surface area contributed by atoms with E-state index in [2.05, 4.69) is 48.9 Å². The Bertz CT molecular complexity index is 613. The van der Waals surface area contributed by atoms with Crippen molar-refractivity contribution in [1.29, 1.82) is 0 Å². The van der Waals surface area contributed by atoms with E-state index < -0.39 is 0 Å². The molecular weight excluding hydrogens is 306 g/mol. The standard InChI is InChI=1S/C19H27N3.ClH/c1-4-11-22-12-6-5-10-17(22)19-20-13-16(21-19)18-14(2)8-7-9-15(18)3;/h7-9,13,17H,4-6,10-12H2,1-3H3,(H,20,21);1H. The van der Waals surface area contributed by atoms with Crippen LogP contribution in [0.2, 0.25) is 0 Å². The maximum absolute atomic E-state index is 4.73. The van der Waals surface area contributed by atoms with E-state index in [0.717, 1.165) is 11.5 Å². The van der Waals surface area contributed by atoms with Gasteiger partial charge in [0.2, 0.25) is 0 Å². The number of aromatic amines is 1. The number of benzene rings is 1. The van der Waals surface area contributed by atoms with E-state index in [0.29, 0.717) is 6.04 Å². The van der Waals surface area contributed by atoms with E-state index >= 15 is 0 Å². The Balaban J connectivity index is 0.00000192. The molecule has 3 nitrogen and oxygen atoms in total. The van der Waals surface area contributed by atoms with Crippen LogP contribution in [-0.4, -0.2) is 28.0 Å². The molecule has 1 fully saturated rings. The van der Waals surface area contributed by atoms with Crippen molar-refractivity contribution in [3.63, 3.8) is 0 Å². The highest BCUT2D eigenvalue weighted by molar-refractivity contribution is 5.85. The van der Waals surface area contributed by atoms with Crippen molar-refractivity contribution in [2.45, 2.75) is 52.5 Å². The van der Waals surface area contributed by atoms with E-state index in [1.807, 2.05) is 6.20 Å². The van der Waals surface area contributed by atoms with Gasteiger partial charge in [-0.05, 0) is 57.3 Å². The summed E-state index contributed by atoms with van der Waals surface area (Å²) in [4.78, 5) is 10.9. The fraction of sp³-hybridized carbons (Fsp3) is 0.526. The van der Waals surface area contributed by atoms with Crippen LogP contribution in [0.4, 0.5) is 0 Å². The van der Waals surface area contributed by atoms with E-state index in [-0.39, 0.29) is 12.4 Å². The number of hydrogen-bond donors (Lipinski definition) is 1.